The van der Waals surface area contributed by atoms with Crippen molar-refractivity contribution in [1.29, 1.82) is 5.26 Å². The first-order valence-electron chi connectivity index (χ1n) is 12.0. The number of alkyl halides is 2. The molecule has 2 N–H and O–H groups in total. The van der Waals surface area contributed by atoms with E-state index in [4.69, 9.17) is 4.74 Å². The van der Waals surface area contributed by atoms with Gasteiger partial charge in [0.05, 0.1) is 18.4 Å². The first-order valence-corrected chi connectivity index (χ1v) is 12.9. The van der Waals surface area contributed by atoms with Crippen molar-refractivity contribution in [3.05, 3.63) is 53.2 Å². The summed E-state index contributed by atoms with van der Waals surface area (Å²) < 4.78 is 34.7. The number of allylic oxidation sites excluding steroid dienone is 1. The predicted molar refractivity (Wildman–Crippen MR) is 142 cm³/mol. The Kier molecular flexibility index (Phi) is 7.26. The molecule has 0 saturated heterocycles. The van der Waals surface area contributed by atoms with E-state index < -0.39 is 18.4 Å². The molecule has 13 heteroatoms. The molecule has 4 heterocycles. The first-order chi connectivity index (χ1) is 18.8. The number of carbonyl (C=O) groups excluding carboxylic acids is 1. The summed E-state index contributed by atoms with van der Waals surface area (Å²) in [6, 6.07) is 3.94. The minimum Gasteiger partial charge on any atom is -0.495 e. The number of hydrazone groups is 1. The lowest BCUT2D eigenvalue weighted by molar-refractivity contribution is 0.0780. The maximum absolute atomic E-state index is 13.9. The van der Waals surface area contributed by atoms with Crippen LogP contribution in [0.3, 0.4) is 0 Å². The van der Waals surface area contributed by atoms with Gasteiger partial charge in [0.1, 0.15) is 29.3 Å². The molecule has 2 aliphatic heterocycles. The van der Waals surface area contributed by atoms with E-state index in [9.17, 15) is 18.8 Å². The second-order valence-corrected chi connectivity index (χ2v) is 10.2. The van der Waals surface area contributed by atoms with Crippen LogP contribution in [0, 0.1) is 29.1 Å². The van der Waals surface area contributed by atoms with Crippen LogP contribution < -0.4 is 10.7 Å². The van der Waals surface area contributed by atoms with Crippen LogP contribution in [0.25, 0.3) is 17.0 Å². The van der Waals surface area contributed by atoms with Crippen molar-refractivity contribution in [3.8, 4) is 29.3 Å². The molecule has 1 aliphatic carbocycles. The number of aromatic nitrogens is 3. The molecule has 0 bridgehead atoms. The Labute approximate surface area is 227 Å². The Morgan fingerprint density at radius 2 is 2.08 bits per heavy atom. The lowest BCUT2D eigenvalue weighted by Gasteiger charge is -2.30. The van der Waals surface area contributed by atoms with Crippen molar-refractivity contribution in [2.45, 2.75) is 30.7 Å². The summed E-state index contributed by atoms with van der Waals surface area (Å²) in [5, 5.41) is 20.6. The molecule has 2 aromatic rings. The molecule has 1 saturated carbocycles. The number of nitrogens with zero attached hydrogens (tertiary/aromatic N) is 6. The van der Waals surface area contributed by atoms with Crippen molar-refractivity contribution in [3.63, 3.8) is 0 Å². The number of thioether (sulfide) groups is 1. The molecule has 0 radical (unpaired) electrons. The highest BCUT2D eigenvalue weighted by atomic mass is 32.2. The summed E-state index contributed by atoms with van der Waals surface area (Å²) >= 11 is 1.27. The van der Waals surface area contributed by atoms with Gasteiger partial charge in [-0.2, -0.15) is 15.5 Å². The van der Waals surface area contributed by atoms with Gasteiger partial charge in [-0.05, 0) is 36.7 Å². The topological polar surface area (TPSA) is 120 Å². The molecule has 2 aromatic heterocycles. The smallest absolute Gasteiger partial charge is 0.262 e. The van der Waals surface area contributed by atoms with Crippen molar-refractivity contribution in [1.82, 2.24) is 30.4 Å². The van der Waals surface area contributed by atoms with Gasteiger partial charge in [0.25, 0.3) is 12.3 Å². The molecule has 1 fully saturated rings. The summed E-state index contributed by atoms with van der Waals surface area (Å²) in [5.41, 5.74) is 4.69. The summed E-state index contributed by atoms with van der Waals surface area (Å²) in [6.45, 7) is 0. The van der Waals surface area contributed by atoms with Gasteiger partial charge in [0, 0.05) is 49.6 Å². The second kappa shape index (κ2) is 10.8. The zero-order chi connectivity index (χ0) is 27.7. The monoisotopic (exact) mass is 550 g/mol. The predicted octanol–water partition coefficient (Wildman–Crippen LogP) is 2.88. The number of pyridine rings is 1. The fourth-order valence-electron chi connectivity index (χ4n) is 4.03. The third kappa shape index (κ3) is 5.59. The summed E-state index contributed by atoms with van der Waals surface area (Å²) in [6.07, 6.45) is 3.71. The van der Waals surface area contributed by atoms with Gasteiger partial charge < -0.3 is 9.64 Å². The van der Waals surface area contributed by atoms with Crippen molar-refractivity contribution < 1.29 is 18.3 Å². The molecule has 3 aliphatic rings. The first kappa shape index (κ1) is 26.3. The number of nitriles is 1. The van der Waals surface area contributed by atoms with Crippen LogP contribution in [0.2, 0.25) is 0 Å². The number of hydrogen-bond acceptors (Lipinski definition) is 9. The average molecular weight is 551 g/mol. The maximum atomic E-state index is 13.9. The van der Waals surface area contributed by atoms with Gasteiger partial charge in [-0.15, -0.1) is 0 Å². The van der Waals surface area contributed by atoms with Crippen LogP contribution >= 0.6 is 11.8 Å². The highest BCUT2D eigenvalue weighted by Crippen LogP contribution is 2.35. The normalized spacial score (nSPS) is 20.2. The number of likely N-dealkylation sites (N-methyl/N-ethyl adjacent to an activating group) is 1. The minimum atomic E-state index is -2.68. The highest BCUT2D eigenvalue weighted by Gasteiger charge is 2.31. The number of amides is 1. The Morgan fingerprint density at radius 1 is 1.28 bits per heavy atom. The van der Waals surface area contributed by atoms with Crippen LogP contribution in [0.15, 0.2) is 41.5 Å². The number of carbonyl (C=O) groups is 1. The molecule has 200 valence electrons. The van der Waals surface area contributed by atoms with E-state index in [1.807, 2.05) is 6.07 Å². The van der Waals surface area contributed by atoms with E-state index in [1.54, 1.807) is 19.2 Å². The summed E-state index contributed by atoms with van der Waals surface area (Å²) in [4.78, 5) is 19.2. The van der Waals surface area contributed by atoms with E-state index in [0.29, 0.717) is 45.1 Å². The molecule has 10 nitrogen and oxygen atoms in total. The average Bonchev–Trinajstić information content (AvgIpc) is 3.53. The molecule has 2 unspecified atom stereocenters. The maximum Gasteiger partial charge on any atom is 0.262 e. The number of halogens is 2. The fraction of sp³-hybridized carbons (Fsp3) is 0.346. The van der Waals surface area contributed by atoms with E-state index in [2.05, 4.69) is 37.8 Å². The summed E-state index contributed by atoms with van der Waals surface area (Å²) in [5.74, 6) is 6.47. The SMILES string of the molecule is COC1=CN(C)C(C(F)F)C=C1c1cc(-c2cc(C#N)n(C)n2)ncc1C(=O)NC1=NNC(C#CC2CC2)S1. The molecule has 0 spiro atoms. The molecular weight excluding hydrogens is 526 g/mol. The Balaban J connectivity index is 1.51. The number of aryl methyl sites for hydroxylation is 1. The van der Waals surface area contributed by atoms with Crippen molar-refractivity contribution in [2.24, 2.45) is 18.1 Å². The molecular formula is C26H24F2N8O2S. The van der Waals surface area contributed by atoms with Crippen LogP contribution in [0.5, 0.6) is 0 Å². The summed E-state index contributed by atoms with van der Waals surface area (Å²) in [7, 11) is 4.57. The highest BCUT2D eigenvalue weighted by molar-refractivity contribution is 8.14. The van der Waals surface area contributed by atoms with E-state index in [1.165, 1.54) is 54.0 Å². The van der Waals surface area contributed by atoms with Crippen LogP contribution in [0.1, 0.15) is 34.5 Å². The third-order valence-electron chi connectivity index (χ3n) is 6.30. The lowest BCUT2D eigenvalue weighted by atomic mass is 9.94. The third-order valence-corrected chi connectivity index (χ3v) is 7.17. The Morgan fingerprint density at radius 3 is 2.74 bits per heavy atom. The molecule has 2 atom stereocenters. The molecule has 0 aromatic carbocycles. The van der Waals surface area contributed by atoms with Crippen molar-refractivity contribution in [2.75, 3.05) is 14.2 Å². The van der Waals surface area contributed by atoms with Crippen LogP contribution in [-0.2, 0) is 11.8 Å². The number of nitrogens with one attached hydrogen (secondary N) is 2. The molecule has 39 heavy (non-hydrogen) atoms. The van der Waals surface area contributed by atoms with Gasteiger partial charge in [-0.1, -0.05) is 11.8 Å². The largest absolute Gasteiger partial charge is 0.495 e. The zero-order valence-corrected chi connectivity index (χ0v) is 22.1. The number of amidine groups is 1. The quantitative estimate of drug-likeness (QED) is 0.546. The number of rotatable bonds is 5. The lowest BCUT2D eigenvalue weighted by Crippen LogP contribution is -2.35. The van der Waals surface area contributed by atoms with Gasteiger partial charge in [0.2, 0.25) is 0 Å². The Hall–Kier alpha value is -4.36. The van der Waals surface area contributed by atoms with Crippen molar-refractivity contribution >= 4 is 28.4 Å². The van der Waals surface area contributed by atoms with Gasteiger partial charge >= 0.3 is 0 Å². The van der Waals surface area contributed by atoms with Gasteiger partial charge in [-0.25, -0.2) is 8.78 Å². The van der Waals surface area contributed by atoms with Gasteiger partial charge in [0.15, 0.2) is 10.5 Å². The number of hydrogen-bond donors (Lipinski definition) is 2. The Bertz CT molecular complexity index is 1510. The zero-order valence-electron chi connectivity index (χ0n) is 21.3. The minimum absolute atomic E-state index is 0.123. The van der Waals surface area contributed by atoms with E-state index >= 15 is 0 Å². The van der Waals surface area contributed by atoms with E-state index in [-0.39, 0.29) is 10.9 Å². The second-order valence-electron chi connectivity index (χ2n) is 9.09. The molecule has 5 rings (SSSR count). The standard InChI is InChI=1S/C26H24F2N8O2S/c1-35-13-22(38-3)17(10-21(35)24(27)28)16-9-19(20-8-15(11-29)36(2)34-20)30-12-18(16)25(37)31-26-33-32-23(39-26)7-6-14-4-5-14/h8-10,12-14,21,23-24,32H,4-5H2,1-3H3,(H,31,33,37). The number of ether oxygens (including phenoxy) is 1. The van der Waals surface area contributed by atoms with Crippen LogP contribution in [0.4, 0.5) is 8.78 Å². The fourth-order valence-corrected chi connectivity index (χ4v) is 4.74. The van der Waals surface area contributed by atoms with Gasteiger partial charge in [-0.3, -0.25) is 25.2 Å². The number of methoxy groups -OCH3 is 1. The van der Waals surface area contributed by atoms with E-state index in [0.717, 1.165) is 12.8 Å². The molecule has 1 amide bonds. The van der Waals surface area contributed by atoms with Crippen LogP contribution in [-0.4, -0.2) is 62.7 Å².